The predicted octanol–water partition coefficient (Wildman–Crippen LogP) is 4.59. The first-order valence-corrected chi connectivity index (χ1v) is 10.3. The minimum atomic E-state index is -0.749. The number of aryl methyl sites for hydroxylation is 1. The fourth-order valence-corrected chi connectivity index (χ4v) is 4.56. The smallest absolute Gasteiger partial charge is 0.264 e. The van der Waals surface area contributed by atoms with Gasteiger partial charge in [-0.15, -0.1) is 11.3 Å². The highest BCUT2D eigenvalue weighted by Gasteiger charge is 2.27. The molecule has 2 heterocycles. The van der Waals surface area contributed by atoms with E-state index in [0.29, 0.717) is 4.88 Å². The summed E-state index contributed by atoms with van der Waals surface area (Å²) in [4.78, 5) is 16.3. The molecule has 4 aromatic rings. The second-order valence-electron chi connectivity index (χ2n) is 7.17. The number of hydrogen-bond acceptors (Lipinski definition) is 4. The van der Waals surface area contributed by atoms with E-state index in [1.165, 1.54) is 11.3 Å². The topological polar surface area (TPSA) is 58.4 Å². The van der Waals surface area contributed by atoms with Gasteiger partial charge in [0.2, 0.25) is 0 Å². The number of para-hydroxylation sites is 1. The van der Waals surface area contributed by atoms with E-state index in [-0.39, 0.29) is 11.9 Å². The minimum Gasteiger partial charge on any atom is -0.386 e. The van der Waals surface area contributed by atoms with Crippen LogP contribution in [0.4, 0.5) is 0 Å². The number of fused-ring (bicyclic) bond motifs is 1. The van der Waals surface area contributed by atoms with Gasteiger partial charge >= 0.3 is 0 Å². The zero-order valence-corrected chi connectivity index (χ0v) is 17.4. The van der Waals surface area contributed by atoms with Crippen molar-refractivity contribution in [2.24, 2.45) is 0 Å². The average molecular weight is 406 g/mol. The lowest BCUT2D eigenvalue weighted by molar-refractivity contribution is 0.0491. The molecule has 0 aliphatic carbocycles. The van der Waals surface area contributed by atoms with Gasteiger partial charge in [0.05, 0.1) is 28.4 Å². The van der Waals surface area contributed by atoms with E-state index in [9.17, 15) is 9.90 Å². The van der Waals surface area contributed by atoms with Crippen LogP contribution in [0.3, 0.4) is 0 Å². The Labute approximate surface area is 173 Å². The Morgan fingerprint density at radius 3 is 2.38 bits per heavy atom. The third kappa shape index (κ3) is 3.57. The van der Waals surface area contributed by atoms with Gasteiger partial charge in [0.1, 0.15) is 4.83 Å². The number of aliphatic hydroxyl groups excluding tert-OH is 1. The van der Waals surface area contributed by atoms with Gasteiger partial charge in [-0.05, 0) is 37.6 Å². The molecule has 0 saturated carbocycles. The third-order valence-corrected chi connectivity index (χ3v) is 6.38. The molecular weight excluding hydrogens is 382 g/mol. The molecule has 29 heavy (non-hydrogen) atoms. The first-order valence-electron chi connectivity index (χ1n) is 9.52. The van der Waals surface area contributed by atoms with Gasteiger partial charge in [0.25, 0.3) is 5.91 Å². The summed E-state index contributed by atoms with van der Waals surface area (Å²) in [5, 5.41) is 16.3. The maximum Gasteiger partial charge on any atom is 0.264 e. The number of rotatable bonds is 5. The van der Waals surface area contributed by atoms with Crippen LogP contribution in [0.25, 0.3) is 15.9 Å². The number of thiophene rings is 1. The van der Waals surface area contributed by atoms with Crippen LogP contribution in [-0.4, -0.2) is 38.8 Å². The summed E-state index contributed by atoms with van der Waals surface area (Å²) in [6.07, 6.45) is -0.749. The molecule has 5 nitrogen and oxygen atoms in total. The van der Waals surface area contributed by atoms with Crippen LogP contribution in [-0.2, 0) is 0 Å². The Kier molecular flexibility index (Phi) is 5.22. The van der Waals surface area contributed by atoms with E-state index < -0.39 is 6.10 Å². The number of aliphatic hydroxyl groups is 1. The van der Waals surface area contributed by atoms with Gasteiger partial charge in [-0.3, -0.25) is 4.79 Å². The van der Waals surface area contributed by atoms with Crippen molar-refractivity contribution in [2.45, 2.75) is 26.0 Å². The van der Waals surface area contributed by atoms with Crippen molar-refractivity contribution >= 4 is 27.5 Å². The zero-order chi connectivity index (χ0) is 20.5. The second-order valence-corrected chi connectivity index (χ2v) is 8.21. The molecule has 0 fully saturated rings. The summed E-state index contributed by atoms with van der Waals surface area (Å²) in [5.41, 5.74) is 2.65. The SMILES string of the molecule is Cc1nn(-c2ccccc2)c2sc(C(=O)N(C)[C@H](C)[C@H](O)c3ccccc3)cc12. The van der Waals surface area contributed by atoms with Crippen LogP contribution < -0.4 is 0 Å². The molecule has 0 saturated heterocycles. The first kappa shape index (κ1) is 19.4. The Bertz CT molecular complexity index is 1140. The molecule has 0 radical (unpaired) electrons. The molecule has 0 aliphatic heterocycles. The number of benzene rings is 2. The van der Waals surface area contributed by atoms with Crippen LogP contribution in [0.15, 0.2) is 66.7 Å². The molecule has 148 valence electrons. The summed E-state index contributed by atoms with van der Waals surface area (Å²) < 4.78 is 1.88. The predicted molar refractivity (Wildman–Crippen MR) is 117 cm³/mol. The van der Waals surface area contributed by atoms with Gasteiger partial charge in [0.15, 0.2) is 0 Å². The van der Waals surface area contributed by atoms with Crippen LogP contribution in [0.1, 0.15) is 34.0 Å². The zero-order valence-electron chi connectivity index (χ0n) is 16.6. The highest BCUT2D eigenvalue weighted by Crippen LogP contribution is 2.32. The molecule has 0 unspecified atom stereocenters. The quantitative estimate of drug-likeness (QED) is 0.528. The molecule has 0 spiro atoms. The van der Waals surface area contributed by atoms with Crippen LogP contribution >= 0.6 is 11.3 Å². The summed E-state index contributed by atoms with van der Waals surface area (Å²) in [6.45, 7) is 3.81. The number of amides is 1. The summed E-state index contributed by atoms with van der Waals surface area (Å²) in [7, 11) is 1.74. The van der Waals surface area contributed by atoms with Gasteiger partial charge < -0.3 is 10.0 Å². The largest absolute Gasteiger partial charge is 0.386 e. The number of carbonyl (C=O) groups excluding carboxylic acids is 1. The molecule has 1 amide bonds. The monoisotopic (exact) mass is 405 g/mol. The Balaban J connectivity index is 1.63. The highest BCUT2D eigenvalue weighted by molar-refractivity contribution is 7.20. The lowest BCUT2D eigenvalue weighted by atomic mass is 10.0. The molecule has 4 rings (SSSR count). The van der Waals surface area contributed by atoms with Gasteiger partial charge in [-0.25, -0.2) is 4.68 Å². The molecule has 2 atom stereocenters. The average Bonchev–Trinajstić information content (AvgIpc) is 3.33. The van der Waals surface area contributed by atoms with Gasteiger partial charge in [-0.1, -0.05) is 48.5 Å². The van der Waals surface area contributed by atoms with E-state index in [2.05, 4.69) is 5.10 Å². The molecular formula is C23H23N3O2S. The molecule has 0 aliphatic rings. The molecule has 6 heteroatoms. The van der Waals surface area contributed by atoms with Crippen molar-refractivity contribution in [1.29, 1.82) is 0 Å². The van der Waals surface area contributed by atoms with Gasteiger partial charge in [0, 0.05) is 12.4 Å². The maximum atomic E-state index is 13.1. The molecule has 0 bridgehead atoms. The van der Waals surface area contributed by atoms with Crippen molar-refractivity contribution < 1.29 is 9.90 Å². The lowest BCUT2D eigenvalue weighted by Gasteiger charge is -2.29. The van der Waals surface area contributed by atoms with Gasteiger partial charge in [-0.2, -0.15) is 5.10 Å². The van der Waals surface area contributed by atoms with E-state index in [4.69, 9.17) is 0 Å². The van der Waals surface area contributed by atoms with E-state index >= 15 is 0 Å². The van der Waals surface area contributed by atoms with Crippen LogP contribution in [0, 0.1) is 6.92 Å². The maximum absolute atomic E-state index is 13.1. The minimum absolute atomic E-state index is 0.104. The summed E-state index contributed by atoms with van der Waals surface area (Å²) >= 11 is 1.43. The van der Waals surface area contributed by atoms with Crippen molar-refractivity contribution in [3.05, 3.63) is 82.9 Å². The fraction of sp³-hybridized carbons (Fsp3) is 0.217. The molecule has 2 aromatic carbocycles. The second kappa shape index (κ2) is 7.81. The Morgan fingerprint density at radius 2 is 1.72 bits per heavy atom. The normalized spacial score (nSPS) is 13.4. The lowest BCUT2D eigenvalue weighted by Crippen LogP contribution is -2.38. The number of aromatic nitrogens is 2. The standard InChI is InChI=1S/C23H23N3O2S/c1-15-19-14-20(29-23(19)26(24-15)18-12-8-5-9-13-18)22(28)25(3)16(2)21(27)17-10-6-4-7-11-17/h4-14,16,21,27H,1-3H3/t16-,21+/m1/s1. The van der Waals surface area contributed by atoms with E-state index in [1.54, 1.807) is 11.9 Å². The number of hydrogen-bond donors (Lipinski definition) is 1. The van der Waals surface area contributed by atoms with Crippen molar-refractivity contribution in [3.8, 4) is 5.69 Å². The van der Waals surface area contributed by atoms with Crippen molar-refractivity contribution in [1.82, 2.24) is 14.7 Å². The van der Waals surface area contributed by atoms with Crippen molar-refractivity contribution in [3.63, 3.8) is 0 Å². The molecule has 2 aromatic heterocycles. The first-order chi connectivity index (χ1) is 14.0. The fourth-order valence-electron chi connectivity index (χ4n) is 3.40. The summed E-state index contributed by atoms with van der Waals surface area (Å²) in [5.74, 6) is -0.104. The Morgan fingerprint density at radius 1 is 1.10 bits per heavy atom. The van der Waals surface area contributed by atoms with Crippen LogP contribution in [0.2, 0.25) is 0 Å². The number of likely N-dealkylation sites (N-methyl/N-ethyl adjacent to an activating group) is 1. The summed E-state index contributed by atoms with van der Waals surface area (Å²) in [6, 6.07) is 20.9. The number of nitrogens with zero attached hydrogens (tertiary/aromatic N) is 3. The van der Waals surface area contributed by atoms with Crippen molar-refractivity contribution in [2.75, 3.05) is 7.05 Å². The van der Waals surface area contributed by atoms with E-state index in [1.807, 2.05) is 85.3 Å². The van der Waals surface area contributed by atoms with Crippen LogP contribution in [0.5, 0.6) is 0 Å². The highest BCUT2D eigenvalue weighted by atomic mass is 32.1. The van der Waals surface area contributed by atoms with E-state index in [0.717, 1.165) is 27.2 Å². The Hall–Kier alpha value is -2.96. The third-order valence-electron chi connectivity index (χ3n) is 5.29. The molecule has 1 N–H and O–H groups in total. The number of carbonyl (C=O) groups is 1.